The molecule has 0 radical (unpaired) electrons. The second-order valence-electron chi connectivity index (χ2n) is 3.85. The fourth-order valence-corrected chi connectivity index (χ4v) is 2.57. The minimum atomic E-state index is -3.98. The van der Waals surface area contributed by atoms with Crippen LogP contribution in [0.2, 0.25) is 0 Å². The summed E-state index contributed by atoms with van der Waals surface area (Å²) >= 11 is 0. The van der Waals surface area contributed by atoms with E-state index in [1.165, 1.54) is 36.1 Å². The van der Waals surface area contributed by atoms with Crippen LogP contribution in [0.4, 0.5) is 5.69 Å². The number of nitrogens with zero attached hydrogens (tertiary/aromatic N) is 1. The van der Waals surface area contributed by atoms with E-state index in [1.807, 2.05) is 0 Å². The molecule has 0 aliphatic heterocycles. The van der Waals surface area contributed by atoms with Gasteiger partial charge < -0.3 is 9.55 Å². The van der Waals surface area contributed by atoms with Crippen molar-refractivity contribution in [3.8, 4) is 0 Å². The van der Waals surface area contributed by atoms with E-state index < -0.39 is 15.5 Å². The first kappa shape index (κ1) is 13.1. The van der Waals surface area contributed by atoms with Crippen LogP contribution in [0.25, 0.3) is 0 Å². The summed E-state index contributed by atoms with van der Waals surface area (Å²) in [6, 6.07) is 3.68. The zero-order chi connectivity index (χ0) is 14.0. The molecule has 2 rings (SSSR count). The highest BCUT2D eigenvalue weighted by atomic mass is 32.2. The molecule has 0 aliphatic rings. The minimum absolute atomic E-state index is 0.199. The molecule has 0 spiro atoms. The van der Waals surface area contributed by atoms with E-state index in [2.05, 4.69) is 9.71 Å². The molecule has 2 aromatic heterocycles. The molecule has 0 aliphatic carbocycles. The van der Waals surface area contributed by atoms with Gasteiger partial charge in [0.05, 0.1) is 5.69 Å². The van der Waals surface area contributed by atoms with Crippen molar-refractivity contribution in [1.82, 2.24) is 9.55 Å². The van der Waals surface area contributed by atoms with Gasteiger partial charge in [-0.3, -0.25) is 14.3 Å². The molecule has 0 unspecified atom stereocenters. The number of hydrogen-bond acceptors (Lipinski definition) is 4. The average Bonchev–Trinajstić information content (AvgIpc) is 2.34. The van der Waals surface area contributed by atoms with Crippen LogP contribution in [0.1, 0.15) is 0 Å². The van der Waals surface area contributed by atoms with Crippen molar-refractivity contribution in [3.63, 3.8) is 0 Å². The van der Waals surface area contributed by atoms with E-state index in [0.29, 0.717) is 0 Å². The molecule has 2 aromatic rings. The van der Waals surface area contributed by atoms with Crippen molar-refractivity contribution < 1.29 is 8.42 Å². The van der Waals surface area contributed by atoms with Crippen LogP contribution >= 0.6 is 0 Å². The van der Waals surface area contributed by atoms with Crippen LogP contribution in [-0.2, 0) is 17.1 Å². The molecule has 19 heavy (non-hydrogen) atoms. The quantitative estimate of drug-likeness (QED) is 0.818. The maximum Gasteiger partial charge on any atom is 0.267 e. The second kappa shape index (κ2) is 4.73. The fourth-order valence-electron chi connectivity index (χ4n) is 1.48. The van der Waals surface area contributed by atoms with E-state index in [4.69, 9.17) is 0 Å². The third kappa shape index (κ3) is 2.74. The number of anilines is 1. The lowest BCUT2D eigenvalue weighted by atomic mass is 10.4. The van der Waals surface area contributed by atoms with Gasteiger partial charge in [0.15, 0.2) is 4.90 Å². The normalized spacial score (nSPS) is 11.2. The summed E-state index contributed by atoms with van der Waals surface area (Å²) < 4.78 is 27.5. The van der Waals surface area contributed by atoms with Crippen LogP contribution in [0.15, 0.2) is 51.3 Å². The van der Waals surface area contributed by atoms with Gasteiger partial charge in [-0.05, 0) is 6.07 Å². The first-order valence-corrected chi connectivity index (χ1v) is 6.75. The number of pyridine rings is 2. The zero-order valence-corrected chi connectivity index (χ0v) is 10.8. The lowest BCUT2D eigenvalue weighted by molar-refractivity contribution is 0.600. The zero-order valence-electron chi connectivity index (χ0n) is 9.95. The van der Waals surface area contributed by atoms with Gasteiger partial charge in [0, 0.05) is 37.8 Å². The number of aromatic nitrogens is 2. The molecule has 7 nitrogen and oxygen atoms in total. The van der Waals surface area contributed by atoms with Gasteiger partial charge in [0.2, 0.25) is 11.0 Å². The number of sulfonamides is 1. The van der Waals surface area contributed by atoms with Crippen molar-refractivity contribution in [2.45, 2.75) is 4.90 Å². The van der Waals surface area contributed by atoms with Gasteiger partial charge in [-0.25, -0.2) is 8.42 Å². The summed E-state index contributed by atoms with van der Waals surface area (Å²) in [6.45, 7) is 0. The monoisotopic (exact) mass is 281 g/mol. The first-order valence-electron chi connectivity index (χ1n) is 5.27. The Morgan fingerprint density at radius 1 is 1.21 bits per heavy atom. The summed E-state index contributed by atoms with van der Waals surface area (Å²) in [5.74, 6) is 0. The van der Waals surface area contributed by atoms with E-state index in [-0.39, 0.29) is 16.1 Å². The Hall–Kier alpha value is -2.35. The first-order chi connectivity index (χ1) is 8.90. The van der Waals surface area contributed by atoms with Crippen LogP contribution < -0.4 is 15.7 Å². The topological polar surface area (TPSA) is 101 Å². The van der Waals surface area contributed by atoms with E-state index in [9.17, 15) is 18.0 Å². The van der Waals surface area contributed by atoms with Crippen LogP contribution in [-0.4, -0.2) is 18.0 Å². The lowest BCUT2D eigenvalue weighted by Gasteiger charge is -2.08. The molecule has 2 N–H and O–H groups in total. The molecule has 0 atom stereocenters. The SMILES string of the molecule is Cn1cc(NS(=O)(=O)c2c[nH]ccc2=O)ccc1=O. The third-order valence-electron chi connectivity index (χ3n) is 2.42. The molecule has 0 saturated carbocycles. The van der Waals surface area contributed by atoms with Crippen LogP contribution in [0.5, 0.6) is 0 Å². The Bertz CT molecular complexity index is 820. The number of hydrogen-bond donors (Lipinski definition) is 2. The standard InChI is InChI=1S/C11H11N3O4S/c1-14-7-8(2-3-11(14)16)13-19(17,18)10-6-12-5-4-9(10)15/h2-7,13H,1H3,(H,12,15). The molecule has 8 heteroatoms. The van der Waals surface area contributed by atoms with Crippen LogP contribution in [0, 0.1) is 0 Å². The van der Waals surface area contributed by atoms with E-state index in [1.54, 1.807) is 0 Å². The Kier molecular flexibility index (Phi) is 3.26. The van der Waals surface area contributed by atoms with Gasteiger partial charge in [0.1, 0.15) is 0 Å². The maximum atomic E-state index is 12.0. The highest BCUT2D eigenvalue weighted by Crippen LogP contribution is 2.10. The predicted molar refractivity (Wildman–Crippen MR) is 69.6 cm³/mol. The smallest absolute Gasteiger partial charge is 0.267 e. The van der Waals surface area contributed by atoms with Gasteiger partial charge in [-0.1, -0.05) is 0 Å². The molecular weight excluding hydrogens is 270 g/mol. The number of H-pyrrole nitrogens is 1. The highest BCUT2D eigenvalue weighted by Gasteiger charge is 2.17. The maximum absolute atomic E-state index is 12.0. The third-order valence-corrected chi connectivity index (χ3v) is 3.82. The van der Waals surface area contributed by atoms with Crippen molar-refractivity contribution in [2.24, 2.45) is 7.05 Å². The molecule has 0 bridgehead atoms. The molecule has 0 amide bonds. The Labute approximate surface area is 108 Å². The van der Waals surface area contributed by atoms with Gasteiger partial charge in [0.25, 0.3) is 10.0 Å². The van der Waals surface area contributed by atoms with Crippen molar-refractivity contribution in [1.29, 1.82) is 0 Å². The summed E-state index contributed by atoms with van der Waals surface area (Å²) in [4.78, 5) is 24.8. The van der Waals surface area contributed by atoms with E-state index >= 15 is 0 Å². The minimum Gasteiger partial charge on any atom is -0.366 e. The van der Waals surface area contributed by atoms with Crippen LogP contribution in [0.3, 0.4) is 0 Å². The molecule has 0 aromatic carbocycles. The lowest BCUT2D eigenvalue weighted by Crippen LogP contribution is -2.22. The highest BCUT2D eigenvalue weighted by molar-refractivity contribution is 7.92. The summed E-state index contributed by atoms with van der Waals surface area (Å²) in [6.07, 6.45) is 3.78. The van der Waals surface area contributed by atoms with Crippen molar-refractivity contribution >= 4 is 15.7 Å². The Balaban J connectivity index is 2.42. The summed E-state index contributed by atoms with van der Waals surface area (Å²) in [5, 5.41) is 0. The average molecular weight is 281 g/mol. The molecule has 0 fully saturated rings. The summed E-state index contributed by atoms with van der Waals surface area (Å²) in [5.41, 5.74) is -0.679. The van der Waals surface area contributed by atoms with Crippen molar-refractivity contribution in [3.05, 3.63) is 57.4 Å². The van der Waals surface area contributed by atoms with Gasteiger partial charge >= 0.3 is 0 Å². The Morgan fingerprint density at radius 3 is 2.58 bits per heavy atom. The summed E-state index contributed by atoms with van der Waals surface area (Å²) in [7, 11) is -2.49. The number of nitrogens with one attached hydrogen (secondary N) is 2. The second-order valence-corrected chi connectivity index (χ2v) is 5.50. The largest absolute Gasteiger partial charge is 0.366 e. The molecule has 100 valence electrons. The van der Waals surface area contributed by atoms with Gasteiger partial charge in [-0.2, -0.15) is 0 Å². The molecule has 0 saturated heterocycles. The van der Waals surface area contributed by atoms with Crippen molar-refractivity contribution in [2.75, 3.05) is 4.72 Å². The number of aryl methyl sites for hydroxylation is 1. The Morgan fingerprint density at radius 2 is 1.95 bits per heavy atom. The van der Waals surface area contributed by atoms with Gasteiger partial charge in [-0.15, -0.1) is 0 Å². The molecular formula is C11H11N3O4S. The van der Waals surface area contributed by atoms with E-state index in [0.717, 1.165) is 12.3 Å². The number of aromatic amines is 1. The predicted octanol–water partition coefficient (Wildman–Crippen LogP) is -0.126. The molecule has 2 heterocycles. The fraction of sp³-hybridized carbons (Fsp3) is 0.0909. The number of rotatable bonds is 3.